The van der Waals surface area contributed by atoms with Gasteiger partial charge in [0.05, 0.1) is 17.1 Å². The van der Waals surface area contributed by atoms with Crippen LogP contribution >= 0.6 is 0 Å². The van der Waals surface area contributed by atoms with Gasteiger partial charge >= 0.3 is 6.18 Å². The standard InChI is InChI=1S/C12H13F3N2O3/c13-12(14,15)9-1-2-10(11(5-9)17(18)19)16-6-8-3-4-20-7-8/h1-2,5,8,16H,3-4,6-7H2. The summed E-state index contributed by atoms with van der Waals surface area (Å²) in [6.45, 7) is 1.63. The van der Waals surface area contributed by atoms with E-state index in [0.29, 0.717) is 25.8 Å². The molecule has 0 bridgehead atoms. The van der Waals surface area contributed by atoms with Gasteiger partial charge in [0.15, 0.2) is 0 Å². The van der Waals surface area contributed by atoms with Crippen molar-refractivity contribution in [1.29, 1.82) is 0 Å². The molecule has 1 N–H and O–H groups in total. The average molecular weight is 290 g/mol. The molecule has 0 aromatic heterocycles. The third kappa shape index (κ3) is 3.38. The van der Waals surface area contributed by atoms with Crippen LogP contribution in [0.15, 0.2) is 18.2 Å². The molecule has 0 spiro atoms. The Labute approximate surface area is 112 Å². The van der Waals surface area contributed by atoms with Crippen LogP contribution in [0.5, 0.6) is 0 Å². The molecule has 0 saturated carbocycles. The van der Waals surface area contributed by atoms with Crippen molar-refractivity contribution in [3.8, 4) is 0 Å². The van der Waals surface area contributed by atoms with Crippen LogP contribution < -0.4 is 5.32 Å². The number of nitro groups is 1. The van der Waals surface area contributed by atoms with E-state index in [-0.39, 0.29) is 11.6 Å². The van der Waals surface area contributed by atoms with Gasteiger partial charge in [-0.2, -0.15) is 13.2 Å². The third-order valence-corrected chi connectivity index (χ3v) is 3.13. The highest BCUT2D eigenvalue weighted by atomic mass is 19.4. The topological polar surface area (TPSA) is 64.4 Å². The first kappa shape index (κ1) is 14.6. The highest BCUT2D eigenvalue weighted by Crippen LogP contribution is 2.35. The maximum Gasteiger partial charge on any atom is 0.416 e. The normalized spacial score (nSPS) is 19.1. The predicted molar refractivity (Wildman–Crippen MR) is 65.5 cm³/mol. The van der Waals surface area contributed by atoms with Gasteiger partial charge in [-0.3, -0.25) is 10.1 Å². The molecule has 1 unspecified atom stereocenters. The monoisotopic (exact) mass is 290 g/mol. The lowest BCUT2D eigenvalue weighted by Crippen LogP contribution is -2.15. The lowest BCUT2D eigenvalue weighted by Gasteiger charge is -2.12. The third-order valence-electron chi connectivity index (χ3n) is 3.13. The molecule has 1 aromatic carbocycles. The Bertz CT molecular complexity index is 499. The molecule has 0 amide bonds. The zero-order chi connectivity index (χ0) is 14.8. The van der Waals surface area contributed by atoms with E-state index in [9.17, 15) is 23.3 Å². The molecule has 1 saturated heterocycles. The highest BCUT2D eigenvalue weighted by Gasteiger charge is 2.33. The molecule has 2 rings (SSSR count). The molecule has 110 valence electrons. The summed E-state index contributed by atoms with van der Waals surface area (Å²) in [5, 5.41) is 13.7. The number of hydrogen-bond acceptors (Lipinski definition) is 4. The molecule has 1 aliphatic heterocycles. The van der Waals surface area contributed by atoms with Crippen molar-refractivity contribution in [2.45, 2.75) is 12.6 Å². The van der Waals surface area contributed by atoms with Crippen molar-refractivity contribution in [2.75, 3.05) is 25.1 Å². The second-order valence-electron chi connectivity index (χ2n) is 4.60. The second kappa shape index (κ2) is 5.66. The molecule has 5 nitrogen and oxygen atoms in total. The van der Waals surface area contributed by atoms with Gasteiger partial charge in [0, 0.05) is 25.1 Å². The van der Waals surface area contributed by atoms with E-state index in [1.165, 1.54) is 0 Å². The number of hydrogen-bond donors (Lipinski definition) is 1. The second-order valence-corrected chi connectivity index (χ2v) is 4.60. The molecule has 1 aliphatic rings. The first-order chi connectivity index (χ1) is 9.38. The number of alkyl halides is 3. The van der Waals surface area contributed by atoms with Crippen LogP contribution in [0.3, 0.4) is 0 Å². The van der Waals surface area contributed by atoms with Crippen molar-refractivity contribution in [2.24, 2.45) is 5.92 Å². The van der Waals surface area contributed by atoms with Crippen molar-refractivity contribution in [3.05, 3.63) is 33.9 Å². The molecule has 0 radical (unpaired) electrons. The SMILES string of the molecule is O=[N+]([O-])c1cc(C(F)(F)F)ccc1NCC1CCOC1. The van der Waals surface area contributed by atoms with E-state index in [4.69, 9.17) is 4.74 Å². The van der Waals surface area contributed by atoms with Gasteiger partial charge in [-0.15, -0.1) is 0 Å². The first-order valence-electron chi connectivity index (χ1n) is 6.05. The molecule has 1 atom stereocenters. The highest BCUT2D eigenvalue weighted by molar-refractivity contribution is 5.63. The van der Waals surface area contributed by atoms with Crippen LogP contribution in [0, 0.1) is 16.0 Å². The van der Waals surface area contributed by atoms with Gasteiger partial charge in [-0.05, 0) is 18.6 Å². The molecule has 1 aromatic rings. The maximum absolute atomic E-state index is 12.5. The molecule has 1 heterocycles. The van der Waals surface area contributed by atoms with E-state index in [1.54, 1.807) is 0 Å². The Kier molecular flexibility index (Phi) is 4.12. The Morgan fingerprint density at radius 1 is 1.45 bits per heavy atom. The first-order valence-corrected chi connectivity index (χ1v) is 6.05. The summed E-state index contributed by atoms with van der Waals surface area (Å²) in [5.74, 6) is 0.219. The quantitative estimate of drug-likeness (QED) is 0.683. The number of benzene rings is 1. The van der Waals surface area contributed by atoms with E-state index < -0.39 is 22.4 Å². The van der Waals surface area contributed by atoms with E-state index in [1.807, 2.05) is 0 Å². The fourth-order valence-electron chi connectivity index (χ4n) is 2.01. The van der Waals surface area contributed by atoms with Gasteiger partial charge < -0.3 is 10.1 Å². The lowest BCUT2D eigenvalue weighted by molar-refractivity contribution is -0.384. The van der Waals surface area contributed by atoms with Crippen LogP contribution in [0.2, 0.25) is 0 Å². The molecular weight excluding hydrogens is 277 g/mol. The zero-order valence-corrected chi connectivity index (χ0v) is 10.4. The minimum absolute atomic E-state index is 0.0925. The zero-order valence-electron chi connectivity index (χ0n) is 10.4. The molecular formula is C12H13F3N2O3. The van der Waals surface area contributed by atoms with Gasteiger partial charge in [0.2, 0.25) is 0 Å². The molecule has 0 aliphatic carbocycles. The van der Waals surface area contributed by atoms with E-state index in [0.717, 1.165) is 18.6 Å². The number of nitrogens with one attached hydrogen (secondary N) is 1. The van der Waals surface area contributed by atoms with Gasteiger partial charge in [-0.1, -0.05) is 0 Å². The van der Waals surface area contributed by atoms with Crippen molar-refractivity contribution in [3.63, 3.8) is 0 Å². The lowest BCUT2D eigenvalue weighted by atomic mass is 10.1. The van der Waals surface area contributed by atoms with Crippen LogP contribution in [0.1, 0.15) is 12.0 Å². The number of anilines is 1. The largest absolute Gasteiger partial charge is 0.416 e. The number of nitrogens with zero attached hydrogens (tertiary/aromatic N) is 1. The summed E-state index contributed by atoms with van der Waals surface area (Å²) in [5.41, 5.74) is -1.51. The molecule has 20 heavy (non-hydrogen) atoms. The average Bonchev–Trinajstić information content (AvgIpc) is 2.88. The summed E-state index contributed by atoms with van der Waals surface area (Å²) in [4.78, 5) is 10.1. The van der Waals surface area contributed by atoms with Crippen LogP contribution in [0.25, 0.3) is 0 Å². The van der Waals surface area contributed by atoms with Crippen molar-refractivity contribution < 1.29 is 22.8 Å². The summed E-state index contributed by atoms with van der Waals surface area (Å²) in [6.07, 6.45) is -3.76. The number of ether oxygens (including phenoxy) is 1. The Balaban J connectivity index is 2.17. The summed E-state index contributed by atoms with van der Waals surface area (Å²) < 4.78 is 42.8. The smallest absolute Gasteiger partial charge is 0.381 e. The van der Waals surface area contributed by atoms with Gasteiger partial charge in [-0.25, -0.2) is 0 Å². The molecule has 8 heteroatoms. The van der Waals surface area contributed by atoms with Crippen molar-refractivity contribution in [1.82, 2.24) is 0 Å². The Morgan fingerprint density at radius 2 is 2.20 bits per heavy atom. The van der Waals surface area contributed by atoms with Crippen LogP contribution in [-0.4, -0.2) is 24.7 Å². The predicted octanol–water partition coefficient (Wildman–Crippen LogP) is 3.06. The summed E-state index contributed by atoms with van der Waals surface area (Å²) in [7, 11) is 0. The number of halogens is 3. The number of rotatable bonds is 4. The van der Waals surface area contributed by atoms with E-state index >= 15 is 0 Å². The van der Waals surface area contributed by atoms with Gasteiger partial charge in [0.25, 0.3) is 5.69 Å². The van der Waals surface area contributed by atoms with E-state index in [2.05, 4.69) is 5.32 Å². The van der Waals surface area contributed by atoms with Crippen LogP contribution in [0.4, 0.5) is 24.5 Å². The fourth-order valence-corrected chi connectivity index (χ4v) is 2.01. The van der Waals surface area contributed by atoms with Crippen molar-refractivity contribution >= 4 is 11.4 Å². The number of nitro benzene ring substituents is 1. The molecule has 1 fully saturated rings. The summed E-state index contributed by atoms with van der Waals surface area (Å²) in [6, 6.07) is 2.48. The minimum Gasteiger partial charge on any atom is -0.381 e. The summed E-state index contributed by atoms with van der Waals surface area (Å²) >= 11 is 0. The van der Waals surface area contributed by atoms with Gasteiger partial charge in [0.1, 0.15) is 5.69 Å². The maximum atomic E-state index is 12.5. The fraction of sp³-hybridized carbons (Fsp3) is 0.500. The minimum atomic E-state index is -4.59. The van der Waals surface area contributed by atoms with Crippen LogP contribution in [-0.2, 0) is 10.9 Å². The Morgan fingerprint density at radius 3 is 2.75 bits per heavy atom. The Hall–Kier alpha value is -1.83.